The van der Waals surface area contributed by atoms with Crippen LogP contribution in [0.25, 0.3) is 0 Å². The van der Waals surface area contributed by atoms with Crippen LogP contribution in [0, 0.1) is 5.92 Å². The molecular formula is C15H28N2O5. The molecule has 7 nitrogen and oxygen atoms in total. The summed E-state index contributed by atoms with van der Waals surface area (Å²) in [7, 11) is 2.81. The lowest BCUT2D eigenvalue weighted by atomic mass is 9.98. The van der Waals surface area contributed by atoms with Gasteiger partial charge in [-0.1, -0.05) is 20.3 Å². The Morgan fingerprint density at radius 2 is 1.77 bits per heavy atom. The van der Waals surface area contributed by atoms with E-state index >= 15 is 0 Å². The SMILES string of the molecule is CCC(C)C(C(=O)OC)N(C)C(=O)CNC(=O)OC(C)(C)C. The average Bonchev–Trinajstić information content (AvgIpc) is 2.42. The van der Waals surface area contributed by atoms with Crippen LogP contribution in [0.15, 0.2) is 0 Å². The molecule has 22 heavy (non-hydrogen) atoms. The molecule has 0 aliphatic carbocycles. The second-order valence-corrected chi connectivity index (χ2v) is 6.21. The second kappa shape index (κ2) is 8.60. The molecule has 7 heteroatoms. The van der Waals surface area contributed by atoms with Crippen LogP contribution in [-0.2, 0) is 19.1 Å². The summed E-state index contributed by atoms with van der Waals surface area (Å²) in [6.45, 7) is 8.75. The highest BCUT2D eigenvalue weighted by Gasteiger charge is 2.32. The van der Waals surface area contributed by atoms with Crippen molar-refractivity contribution in [3.05, 3.63) is 0 Å². The first-order valence-electron chi connectivity index (χ1n) is 7.33. The van der Waals surface area contributed by atoms with Crippen LogP contribution in [0.4, 0.5) is 4.79 Å². The fraction of sp³-hybridized carbons (Fsp3) is 0.800. The number of esters is 1. The molecule has 2 atom stereocenters. The van der Waals surface area contributed by atoms with E-state index in [4.69, 9.17) is 9.47 Å². The Hall–Kier alpha value is -1.79. The van der Waals surface area contributed by atoms with Crippen molar-refractivity contribution in [1.82, 2.24) is 10.2 Å². The quantitative estimate of drug-likeness (QED) is 0.752. The van der Waals surface area contributed by atoms with Crippen molar-refractivity contribution in [2.24, 2.45) is 5.92 Å². The molecule has 2 unspecified atom stereocenters. The molecule has 0 spiro atoms. The van der Waals surface area contributed by atoms with Crippen molar-refractivity contribution in [3.63, 3.8) is 0 Å². The van der Waals surface area contributed by atoms with Crippen LogP contribution in [0.1, 0.15) is 41.0 Å². The highest BCUT2D eigenvalue weighted by atomic mass is 16.6. The van der Waals surface area contributed by atoms with E-state index in [0.717, 1.165) is 6.42 Å². The molecule has 0 aromatic carbocycles. The van der Waals surface area contributed by atoms with E-state index in [1.807, 2.05) is 13.8 Å². The van der Waals surface area contributed by atoms with Gasteiger partial charge >= 0.3 is 12.1 Å². The summed E-state index contributed by atoms with van der Waals surface area (Å²) in [4.78, 5) is 36.8. The smallest absolute Gasteiger partial charge is 0.408 e. The van der Waals surface area contributed by atoms with Crippen LogP contribution < -0.4 is 5.32 Å². The third-order valence-corrected chi connectivity index (χ3v) is 3.22. The molecule has 0 heterocycles. The summed E-state index contributed by atoms with van der Waals surface area (Å²) in [5.41, 5.74) is -0.635. The van der Waals surface area contributed by atoms with Crippen LogP contribution in [0.3, 0.4) is 0 Å². The molecule has 2 amide bonds. The summed E-state index contributed by atoms with van der Waals surface area (Å²) in [5, 5.41) is 2.38. The summed E-state index contributed by atoms with van der Waals surface area (Å²) < 4.78 is 9.81. The number of nitrogens with one attached hydrogen (secondary N) is 1. The van der Waals surface area contributed by atoms with E-state index in [0.29, 0.717) is 0 Å². The molecule has 0 bridgehead atoms. The first-order valence-corrected chi connectivity index (χ1v) is 7.33. The minimum Gasteiger partial charge on any atom is -0.467 e. The third kappa shape index (κ3) is 6.78. The lowest BCUT2D eigenvalue weighted by molar-refractivity contribution is -0.153. The second-order valence-electron chi connectivity index (χ2n) is 6.21. The largest absolute Gasteiger partial charge is 0.467 e. The number of ether oxygens (including phenoxy) is 2. The summed E-state index contributed by atoms with van der Waals surface area (Å²) >= 11 is 0. The minimum atomic E-state index is -0.678. The molecule has 0 rings (SSSR count). The van der Waals surface area contributed by atoms with Gasteiger partial charge < -0.3 is 19.7 Å². The van der Waals surface area contributed by atoms with Gasteiger partial charge in [0.15, 0.2) is 0 Å². The highest BCUT2D eigenvalue weighted by Crippen LogP contribution is 2.15. The highest BCUT2D eigenvalue weighted by molar-refractivity contribution is 5.87. The van der Waals surface area contributed by atoms with E-state index < -0.39 is 23.7 Å². The lowest BCUT2D eigenvalue weighted by Gasteiger charge is -2.30. The van der Waals surface area contributed by atoms with Gasteiger partial charge in [-0.3, -0.25) is 4.79 Å². The van der Waals surface area contributed by atoms with E-state index in [9.17, 15) is 14.4 Å². The Bertz CT molecular complexity index is 403. The molecule has 1 N–H and O–H groups in total. The Balaban J connectivity index is 4.68. The number of likely N-dealkylation sites (N-methyl/N-ethyl adjacent to an activating group) is 1. The predicted octanol–water partition coefficient (Wildman–Crippen LogP) is 1.56. The van der Waals surface area contributed by atoms with Crippen LogP contribution in [0.5, 0.6) is 0 Å². The van der Waals surface area contributed by atoms with Crippen molar-refractivity contribution in [2.45, 2.75) is 52.7 Å². The normalized spacial score (nSPS) is 13.8. The van der Waals surface area contributed by atoms with Crippen molar-refractivity contribution in [2.75, 3.05) is 20.7 Å². The van der Waals surface area contributed by atoms with E-state index in [-0.39, 0.29) is 18.4 Å². The molecule has 0 aromatic heterocycles. The molecule has 0 saturated heterocycles. The fourth-order valence-electron chi connectivity index (χ4n) is 1.86. The summed E-state index contributed by atoms with van der Waals surface area (Å²) in [6, 6.07) is -0.678. The van der Waals surface area contributed by atoms with Gasteiger partial charge in [0.1, 0.15) is 18.2 Å². The third-order valence-electron chi connectivity index (χ3n) is 3.22. The number of carbonyl (C=O) groups is 3. The van der Waals surface area contributed by atoms with Gasteiger partial charge in [-0.2, -0.15) is 0 Å². The number of carbonyl (C=O) groups excluding carboxylic acids is 3. The maximum Gasteiger partial charge on any atom is 0.408 e. The molecule has 0 aromatic rings. The van der Waals surface area contributed by atoms with Gasteiger partial charge in [0.25, 0.3) is 0 Å². The predicted molar refractivity (Wildman–Crippen MR) is 82.3 cm³/mol. The fourth-order valence-corrected chi connectivity index (χ4v) is 1.86. The standard InChI is InChI=1S/C15H28N2O5/c1-8-10(2)12(13(19)21-7)17(6)11(18)9-16-14(20)22-15(3,4)5/h10,12H,8-9H2,1-7H3,(H,16,20). The topological polar surface area (TPSA) is 84.9 Å². The summed E-state index contributed by atoms with van der Waals surface area (Å²) in [5.74, 6) is -0.910. The molecule has 0 aliphatic rings. The molecule has 0 fully saturated rings. The number of alkyl carbamates (subject to hydrolysis) is 1. The monoisotopic (exact) mass is 316 g/mol. The van der Waals surface area contributed by atoms with Crippen molar-refractivity contribution >= 4 is 18.0 Å². The number of rotatable bonds is 6. The van der Waals surface area contributed by atoms with Crippen molar-refractivity contribution in [3.8, 4) is 0 Å². The zero-order chi connectivity index (χ0) is 17.5. The summed E-state index contributed by atoms with van der Waals surface area (Å²) in [6.07, 6.45) is 0.0454. The maximum absolute atomic E-state index is 12.1. The zero-order valence-electron chi connectivity index (χ0n) is 14.6. The Morgan fingerprint density at radius 1 is 1.23 bits per heavy atom. The minimum absolute atomic E-state index is 0.0528. The maximum atomic E-state index is 12.1. The van der Waals surface area contributed by atoms with Crippen molar-refractivity contribution < 1.29 is 23.9 Å². The Morgan fingerprint density at radius 3 is 2.18 bits per heavy atom. The number of hydrogen-bond donors (Lipinski definition) is 1. The van der Waals surface area contributed by atoms with E-state index in [2.05, 4.69) is 5.32 Å². The number of amides is 2. The zero-order valence-corrected chi connectivity index (χ0v) is 14.6. The van der Waals surface area contributed by atoms with Gasteiger partial charge in [-0.25, -0.2) is 9.59 Å². The number of nitrogens with zero attached hydrogens (tertiary/aromatic N) is 1. The molecule has 0 radical (unpaired) electrons. The lowest BCUT2D eigenvalue weighted by Crippen LogP contribution is -2.50. The molecule has 0 aliphatic heterocycles. The van der Waals surface area contributed by atoms with Crippen molar-refractivity contribution in [1.29, 1.82) is 0 Å². The first kappa shape index (κ1) is 20.2. The average molecular weight is 316 g/mol. The van der Waals surface area contributed by atoms with E-state index in [1.165, 1.54) is 19.1 Å². The van der Waals surface area contributed by atoms with Gasteiger partial charge in [-0.05, 0) is 26.7 Å². The van der Waals surface area contributed by atoms with Gasteiger partial charge in [0, 0.05) is 7.05 Å². The number of hydrogen-bond acceptors (Lipinski definition) is 5. The van der Waals surface area contributed by atoms with E-state index in [1.54, 1.807) is 20.8 Å². The Labute approximate surface area is 132 Å². The van der Waals surface area contributed by atoms with Crippen LogP contribution >= 0.6 is 0 Å². The van der Waals surface area contributed by atoms with Gasteiger partial charge in [-0.15, -0.1) is 0 Å². The number of methoxy groups -OCH3 is 1. The molecule has 128 valence electrons. The van der Waals surface area contributed by atoms with Gasteiger partial charge in [0.2, 0.25) is 5.91 Å². The van der Waals surface area contributed by atoms with Gasteiger partial charge in [0.05, 0.1) is 7.11 Å². The molecule has 0 saturated carbocycles. The first-order chi connectivity index (χ1) is 10.0. The van der Waals surface area contributed by atoms with Crippen LogP contribution in [-0.4, -0.2) is 55.2 Å². The molecular weight excluding hydrogens is 288 g/mol. The van der Waals surface area contributed by atoms with Crippen LogP contribution in [0.2, 0.25) is 0 Å². The Kier molecular flexibility index (Phi) is 7.90.